The zero-order valence-corrected chi connectivity index (χ0v) is 14.6. The third-order valence-electron chi connectivity index (χ3n) is 3.46. The molecule has 124 valence electrons. The molecule has 1 aromatic heterocycles. The number of rotatable bonds is 5. The summed E-state index contributed by atoms with van der Waals surface area (Å²) in [5.41, 5.74) is 1.46. The van der Waals surface area contributed by atoms with Gasteiger partial charge in [-0.25, -0.2) is 0 Å². The van der Waals surface area contributed by atoms with E-state index in [1.54, 1.807) is 0 Å². The van der Waals surface area contributed by atoms with Gasteiger partial charge in [0.1, 0.15) is 0 Å². The van der Waals surface area contributed by atoms with E-state index in [2.05, 4.69) is 17.0 Å². The zero-order valence-electron chi connectivity index (χ0n) is 14.6. The molecule has 0 unspecified atom stereocenters. The molecule has 0 bridgehead atoms. The summed E-state index contributed by atoms with van der Waals surface area (Å²) in [6.07, 6.45) is 1.97. The van der Waals surface area contributed by atoms with Crippen LogP contribution in [0.2, 0.25) is 0 Å². The lowest BCUT2D eigenvalue weighted by Crippen LogP contribution is -2.28. The molecule has 0 atom stereocenters. The van der Waals surface area contributed by atoms with Crippen LogP contribution in [0.5, 0.6) is 6.01 Å². The number of ether oxygens (including phenoxy) is 1. The first-order valence-electron chi connectivity index (χ1n) is 8.04. The maximum atomic E-state index is 12.7. The van der Waals surface area contributed by atoms with Crippen molar-refractivity contribution in [3.63, 3.8) is 0 Å². The molecule has 2 rings (SSSR count). The number of unbranched alkanes of at least 4 members (excludes halogenated alkanes) is 1. The van der Waals surface area contributed by atoms with Crippen LogP contribution in [0, 0.1) is 12.3 Å². The first-order valence-corrected chi connectivity index (χ1v) is 8.04. The molecule has 0 aliphatic carbocycles. The second kappa shape index (κ2) is 6.94. The average molecular weight is 315 g/mol. The molecule has 5 heteroatoms. The summed E-state index contributed by atoms with van der Waals surface area (Å²) in [7, 11) is 0. The highest BCUT2D eigenvalue weighted by atomic mass is 16.5. The van der Waals surface area contributed by atoms with Gasteiger partial charge in [0.25, 0.3) is 5.91 Å². The fraction of sp³-hybridized carbons (Fsp3) is 0.500. The predicted molar refractivity (Wildman–Crippen MR) is 90.7 cm³/mol. The Hall–Kier alpha value is -2.17. The molecule has 0 aliphatic rings. The first-order chi connectivity index (χ1) is 10.8. The number of aromatic nitrogens is 3. The van der Waals surface area contributed by atoms with Gasteiger partial charge in [-0.15, -0.1) is 5.10 Å². The van der Waals surface area contributed by atoms with Gasteiger partial charge in [-0.2, -0.15) is 9.67 Å². The van der Waals surface area contributed by atoms with Gasteiger partial charge in [0.05, 0.1) is 6.61 Å². The van der Waals surface area contributed by atoms with E-state index in [0.717, 1.165) is 24.0 Å². The van der Waals surface area contributed by atoms with Crippen LogP contribution >= 0.6 is 0 Å². The first kappa shape index (κ1) is 17.2. The second-order valence-corrected chi connectivity index (χ2v) is 6.75. The van der Waals surface area contributed by atoms with Crippen LogP contribution in [-0.4, -0.2) is 27.3 Å². The van der Waals surface area contributed by atoms with E-state index >= 15 is 0 Å². The fourth-order valence-electron chi connectivity index (χ4n) is 2.01. The smallest absolute Gasteiger partial charge is 0.336 e. The van der Waals surface area contributed by atoms with Crippen LogP contribution in [-0.2, 0) is 0 Å². The Labute approximate surface area is 137 Å². The molecule has 0 N–H and O–H groups in total. The Morgan fingerprint density at radius 1 is 1.22 bits per heavy atom. The summed E-state index contributed by atoms with van der Waals surface area (Å²) in [6, 6.07) is 8.14. The van der Waals surface area contributed by atoms with Crippen molar-refractivity contribution in [1.29, 1.82) is 0 Å². The minimum Gasteiger partial charge on any atom is -0.462 e. The maximum Gasteiger partial charge on any atom is 0.336 e. The molecule has 1 heterocycles. The summed E-state index contributed by atoms with van der Waals surface area (Å²) in [5, 5.41) is 4.28. The van der Waals surface area contributed by atoms with Gasteiger partial charge in [0, 0.05) is 11.0 Å². The van der Waals surface area contributed by atoms with Crippen molar-refractivity contribution < 1.29 is 9.53 Å². The summed E-state index contributed by atoms with van der Waals surface area (Å²) < 4.78 is 6.95. The topological polar surface area (TPSA) is 57.0 Å². The van der Waals surface area contributed by atoms with Crippen molar-refractivity contribution in [3.05, 3.63) is 29.8 Å². The number of carbonyl (C=O) groups excluding carboxylic acids is 1. The molecule has 5 nitrogen and oxygen atoms in total. The quantitative estimate of drug-likeness (QED) is 0.779. The van der Waals surface area contributed by atoms with Crippen LogP contribution < -0.4 is 4.74 Å². The molecule has 0 radical (unpaired) electrons. The molecule has 0 saturated carbocycles. The summed E-state index contributed by atoms with van der Waals surface area (Å²) >= 11 is 0. The molecule has 0 saturated heterocycles. The highest BCUT2D eigenvalue weighted by molar-refractivity contribution is 5.86. The molecule has 23 heavy (non-hydrogen) atoms. The van der Waals surface area contributed by atoms with Gasteiger partial charge in [0.15, 0.2) is 5.82 Å². The lowest BCUT2D eigenvalue weighted by molar-refractivity contribution is 0.0748. The average Bonchev–Trinajstić information content (AvgIpc) is 2.90. The lowest BCUT2D eigenvalue weighted by Gasteiger charge is -2.16. The molecule has 1 aromatic carbocycles. The fourth-order valence-corrected chi connectivity index (χ4v) is 2.01. The number of hydrogen-bond donors (Lipinski definition) is 0. The third kappa shape index (κ3) is 4.18. The molecule has 0 spiro atoms. The Morgan fingerprint density at radius 2 is 1.87 bits per heavy atom. The van der Waals surface area contributed by atoms with E-state index in [0.29, 0.717) is 12.4 Å². The number of benzene rings is 1. The van der Waals surface area contributed by atoms with E-state index in [-0.39, 0.29) is 11.9 Å². The Balaban J connectivity index is 2.41. The van der Waals surface area contributed by atoms with E-state index in [9.17, 15) is 4.79 Å². The monoisotopic (exact) mass is 315 g/mol. The van der Waals surface area contributed by atoms with Crippen molar-refractivity contribution in [2.75, 3.05) is 6.61 Å². The van der Waals surface area contributed by atoms with Crippen molar-refractivity contribution >= 4 is 5.91 Å². The number of nitrogens with zero attached hydrogens (tertiary/aromatic N) is 3. The molecule has 0 aliphatic heterocycles. The summed E-state index contributed by atoms with van der Waals surface area (Å²) in [4.78, 5) is 17.1. The number of hydrogen-bond acceptors (Lipinski definition) is 4. The Bertz CT molecular complexity index is 667. The summed E-state index contributed by atoms with van der Waals surface area (Å²) in [6.45, 7) is 10.3. The van der Waals surface area contributed by atoms with Crippen molar-refractivity contribution in [2.45, 2.75) is 47.5 Å². The normalized spacial score (nSPS) is 11.5. The standard InChI is InChI=1S/C18H25N3O2/c1-6-7-12-23-17-19-15(14-10-8-13(2)9-11-14)21(20-17)16(22)18(3,4)5/h8-11H,6-7,12H2,1-5H3. The van der Waals surface area contributed by atoms with E-state index < -0.39 is 5.41 Å². The summed E-state index contributed by atoms with van der Waals surface area (Å²) in [5.74, 6) is 0.419. The van der Waals surface area contributed by atoms with E-state index in [4.69, 9.17) is 4.74 Å². The van der Waals surface area contributed by atoms with Gasteiger partial charge < -0.3 is 4.74 Å². The van der Waals surface area contributed by atoms with Crippen molar-refractivity contribution in [2.24, 2.45) is 5.41 Å². The van der Waals surface area contributed by atoms with Crippen molar-refractivity contribution in [1.82, 2.24) is 14.8 Å². The van der Waals surface area contributed by atoms with Gasteiger partial charge in [0.2, 0.25) is 0 Å². The van der Waals surface area contributed by atoms with Crippen LogP contribution in [0.4, 0.5) is 0 Å². The predicted octanol–water partition coefficient (Wildman–Crippen LogP) is 4.12. The minimum absolute atomic E-state index is 0.106. The van der Waals surface area contributed by atoms with E-state index in [1.807, 2.05) is 52.0 Å². The van der Waals surface area contributed by atoms with Crippen LogP contribution in [0.15, 0.2) is 24.3 Å². The van der Waals surface area contributed by atoms with Gasteiger partial charge >= 0.3 is 6.01 Å². The largest absolute Gasteiger partial charge is 0.462 e. The molecule has 0 amide bonds. The second-order valence-electron chi connectivity index (χ2n) is 6.75. The highest BCUT2D eigenvalue weighted by Crippen LogP contribution is 2.25. The maximum absolute atomic E-state index is 12.7. The van der Waals surface area contributed by atoms with Crippen molar-refractivity contribution in [3.8, 4) is 17.4 Å². The molecular formula is C18H25N3O2. The third-order valence-corrected chi connectivity index (χ3v) is 3.46. The zero-order chi connectivity index (χ0) is 17.0. The minimum atomic E-state index is -0.548. The highest BCUT2D eigenvalue weighted by Gasteiger charge is 2.28. The van der Waals surface area contributed by atoms with Crippen LogP contribution in [0.1, 0.15) is 50.9 Å². The molecular weight excluding hydrogens is 290 g/mol. The van der Waals surface area contributed by atoms with Gasteiger partial charge in [-0.05, 0) is 13.3 Å². The number of aryl methyl sites for hydroxylation is 1. The Kier molecular flexibility index (Phi) is 5.19. The molecule has 2 aromatic rings. The van der Waals surface area contributed by atoms with Gasteiger partial charge in [-0.3, -0.25) is 4.79 Å². The Morgan fingerprint density at radius 3 is 2.43 bits per heavy atom. The van der Waals surface area contributed by atoms with E-state index in [1.165, 1.54) is 4.68 Å². The molecule has 0 fully saturated rings. The SMILES string of the molecule is CCCCOc1nc(-c2ccc(C)cc2)n(C(=O)C(C)(C)C)n1. The van der Waals surface area contributed by atoms with Crippen LogP contribution in [0.3, 0.4) is 0 Å². The lowest BCUT2D eigenvalue weighted by atomic mass is 9.95. The number of carbonyl (C=O) groups is 1. The van der Waals surface area contributed by atoms with Crippen LogP contribution in [0.25, 0.3) is 11.4 Å². The van der Waals surface area contributed by atoms with Gasteiger partial charge in [-0.1, -0.05) is 63.9 Å².